The maximum Gasteiger partial charge on any atom is 0.231 e. The fourth-order valence-corrected chi connectivity index (χ4v) is 2.97. The molecule has 0 radical (unpaired) electrons. The number of hydrogen-bond acceptors (Lipinski definition) is 3. The van der Waals surface area contributed by atoms with Crippen LogP contribution >= 0.6 is 22.9 Å². The summed E-state index contributed by atoms with van der Waals surface area (Å²) in [5, 5.41) is 6.48. The molecule has 3 nitrogen and oxygen atoms in total. The van der Waals surface area contributed by atoms with E-state index in [-0.39, 0.29) is 11.3 Å². The SMILES string of the molecule is O=C(NCc1nccs1)C1(c2cccc(Cl)c2)CC1. The zero-order valence-electron chi connectivity index (χ0n) is 10.2. The Labute approximate surface area is 120 Å². The van der Waals surface area contributed by atoms with Gasteiger partial charge in [-0.2, -0.15) is 0 Å². The van der Waals surface area contributed by atoms with E-state index in [0.29, 0.717) is 11.6 Å². The van der Waals surface area contributed by atoms with Gasteiger partial charge in [-0.3, -0.25) is 4.79 Å². The average Bonchev–Trinajstić information content (AvgIpc) is 3.06. The van der Waals surface area contributed by atoms with Gasteiger partial charge < -0.3 is 5.32 Å². The molecule has 0 unspecified atom stereocenters. The van der Waals surface area contributed by atoms with Crippen molar-refractivity contribution in [3.63, 3.8) is 0 Å². The number of carbonyl (C=O) groups is 1. The molecule has 1 N–H and O–H groups in total. The lowest BCUT2D eigenvalue weighted by molar-refractivity contribution is -0.123. The molecular formula is C14H13ClN2OS. The number of carbonyl (C=O) groups excluding carboxylic acids is 1. The highest BCUT2D eigenvalue weighted by molar-refractivity contribution is 7.09. The molecule has 1 aliphatic carbocycles. The van der Waals surface area contributed by atoms with Gasteiger partial charge in [-0.15, -0.1) is 11.3 Å². The summed E-state index contributed by atoms with van der Waals surface area (Å²) in [6.07, 6.45) is 3.52. The average molecular weight is 293 g/mol. The van der Waals surface area contributed by atoms with Crippen LogP contribution in [0.3, 0.4) is 0 Å². The first-order valence-electron chi connectivity index (χ1n) is 6.13. The smallest absolute Gasteiger partial charge is 0.231 e. The second-order valence-corrected chi connectivity index (χ2v) is 6.12. The quantitative estimate of drug-likeness (QED) is 0.940. The summed E-state index contributed by atoms with van der Waals surface area (Å²) < 4.78 is 0. The summed E-state index contributed by atoms with van der Waals surface area (Å²) in [5.41, 5.74) is 0.638. The lowest BCUT2D eigenvalue weighted by Crippen LogP contribution is -2.34. The number of rotatable bonds is 4. The monoisotopic (exact) mass is 292 g/mol. The van der Waals surface area contributed by atoms with Gasteiger partial charge in [0, 0.05) is 16.6 Å². The normalized spacial score (nSPS) is 16.1. The summed E-state index contributed by atoms with van der Waals surface area (Å²) in [5.74, 6) is 0.0740. The maximum atomic E-state index is 12.4. The third-order valence-corrected chi connectivity index (χ3v) is 4.46. The maximum absolute atomic E-state index is 12.4. The Kier molecular flexibility index (Phi) is 3.29. The van der Waals surface area contributed by atoms with Crippen LogP contribution in [0.1, 0.15) is 23.4 Å². The molecule has 1 heterocycles. The summed E-state index contributed by atoms with van der Waals surface area (Å²) in [6, 6.07) is 7.58. The Bertz CT molecular complexity index is 593. The van der Waals surface area contributed by atoms with E-state index in [9.17, 15) is 4.79 Å². The molecule has 3 rings (SSSR count). The molecule has 1 aromatic carbocycles. The van der Waals surface area contributed by atoms with Crippen LogP contribution in [0.2, 0.25) is 5.02 Å². The minimum absolute atomic E-state index is 0.0740. The molecule has 0 saturated heterocycles. The van der Waals surface area contributed by atoms with Crippen molar-refractivity contribution in [2.24, 2.45) is 0 Å². The molecule has 1 aromatic heterocycles. The van der Waals surface area contributed by atoms with Crippen molar-refractivity contribution in [2.45, 2.75) is 24.8 Å². The highest BCUT2D eigenvalue weighted by atomic mass is 35.5. The topological polar surface area (TPSA) is 42.0 Å². The molecule has 1 saturated carbocycles. The molecule has 5 heteroatoms. The molecule has 98 valence electrons. The number of amides is 1. The number of halogens is 1. The highest BCUT2D eigenvalue weighted by Crippen LogP contribution is 2.48. The molecule has 0 bridgehead atoms. The minimum Gasteiger partial charge on any atom is -0.349 e. The van der Waals surface area contributed by atoms with Crippen molar-refractivity contribution in [3.8, 4) is 0 Å². The first-order valence-corrected chi connectivity index (χ1v) is 7.39. The van der Waals surface area contributed by atoms with Crippen LogP contribution in [0.5, 0.6) is 0 Å². The Hall–Kier alpha value is -1.39. The zero-order valence-corrected chi connectivity index (χ0v) is 11.8. The Balaban J connectivity index is 1.72. The standard InChI is InChI=1S/C14H13ClN2OS/c15-11-3-1-2-10(8-11)14(4-5-14)13(18)17-9-12-16-6-7-19-12/h1-3,6-8H,4-5,9H2,(H,17,18). The number of thiazole rings is 1. The second kappa shape index (κ2) is 4.94. The van der Waals surface area contributed by atoms with Gasteiger partial charge in [0.25, 0.3) is 0 Å². The number of nitrogens with one attached hydrogen (secondary N) is 1. The van der Waals surface area contributed by atoms with Crippen molar-refractivity contribution >= 4 is 28.8 Å². The van der Waals surface area contributed by atoms with Gasteiger partial charge in [0.2, 0.25) is 5.91 Å². The molecule has 0 aliphatic heterocycles. The van der Waals surface area contributed by atoms with Crippen molar-refractivity contribution in [1.82, 2.24) is 10.3 Å². The molecule has 0 spiro atoms. The Morgan fingerprint density at radius 1 is 1.47 bits per heavy atom. The number of nitrogens with zero attached hydrogens (tertiary/aromatic N) is 1. The second-order valence-electron chi connectivity index (χ2n) is 4.70. The molecule has 2 aromatic rings. The summed E-state index contributed by atoms with van der Waals surface area (Å²) >= 11 is 7.55. The molecule has 0 atom stereocenters. The Morgan fingerprint density at radius 2 is 2.32 bits per heavy atom. The van der Waals surface area contributed by atoms with Crippen molar-refractivity contribution < 1.29 is 4.79 Å². The summed E-state index contributed by atoms with van der Waals surface area (Å²) in [7, 11) is 0. The van der Waals surface area contributed by atoms with E-state index in [4.69, 9.17) is 11.6 Å². The van der Waals surface area contributed by atoms with Crippen LogP contribution in [0.15, 0.2) is 35.8 Å². The van der Waals surface area contributed by atoms with E-state index in [0.717, 1.165) is 23.4 Å². The van der Waals surface area contributed by atoms with E-state index in [1.54, 1.807) is 17.5 Å². The first-order chi connectivity index (χ1) is 9.21. The lowest BCUT2D eigenvalue weighted by atomic mass is 9.95. The van der Waals surface area contributed by atoms with Gasteiger partial charge in [0.1, 0.15) is 5.01 Å². The zero-order chi connectivity index (χ0) is 13.3. The van der Waals surface area contributed by atoms with E-state index in [1.807, 2.05) is 29.6 Å². The molecule has 1 fully saturated rings. The van der Waals surface area contributed by atoms with Crippen LogP contribution in [-0.2, 0) is 16.8 Å². The van der Waals surface area contributed by atoms with Crippen molar-refractivity contribution in [2.75, 3.05) is 0 Å². The van der Waals surface area contributed by atoms with Crippen molar-refractivity contribution in [1.29, 1.82) is 0 Å². The van der Waals surface area contributed by atoms with Crippen LogP contribution in [0.25, 0.3) is 0 Å². The van der Waals surface area contributed by atoms with Gasteiger partial charge >= 0.3 is 0 Å². The van der Waals surface area contributed by atoms with Crippen LogP contribution in [-0.4, -0.2) is 10.9 Å². The molecule has 1 aliphatic rings. The van der Waals surface area contributed by atoms with Gasteiger partial charge in [-0.05, 0) is 30.5 Å². The number of benzene rings is 1. The predicted molar refractivity (Wildman–Crippen MR) is 76.3 cm³/mol. The van der Waals surface area contributed by atoms with Gasteiger partial charge in [0.15, 0.2) is 0 Å². The first kappa shape index (κ1) is 12.6. The van der Waals surface area contributed by atoms with Crippen LogP contribution in [0, 0.1) is 0 Å². The molecule has 19 heavy (non-hydrogen) atoms. The van der Waals surface area contributed by atoms with Crippen LogP contribution in [0.4, 0.5) is 0 Å². The third-order valence-electron chi connectivity index (χ3n) is 3.45. The van der Waals surface area contributed by atoms with Gasteiger partial charge in [-0.1, -0.05) is 23.7 Å². The fourth-order valence-electron chi connectivity index (χ4n) is 2.22. The van der Waals surface area contributed by atoms with E-state index in [2.05, 4.69) is 10.3 Å². The van der Waals surface area contributed by atoms with E-state index in [1.165, 1.54) is 0 Å². The van der Waals surface area contributed by atoms with E-state index >= 15 is 0 Å². The largest absolute Gasteiger partial charge is 0.349 e. The summed E-state index contributed by atoms with van der Waals surface area (Å²) in [4.78, 5) is 16.5. The third kappa shape index (κ3) is 2.51. The molecule has 1 amide bonds. The minimum atomic E-state index is -0.373. The lowest BCUT2D eigenvalue weighted by Gasteiger charge is -2.15. The predicted octanol–water partition coefficient (Wildman–Crippen LogP) is 3.14. The molecular weight excluding hydrogens is 280 g/mol. The fraction of sp³-hybridized carbons (Fsp3) is 0.286. The van der Waals surface area contributed by atoms with Crippen LogP contribution < -0.4 is 5.32 Å². The number of hydrogen-bond donors (Lipinski definition) is 1. The number of aromatic nitrogens is 1. The van der Waals surface area contributed by atoms with Gasteiger partial charge in [-0.25, -0.2) is 4.98 Å². The van der Waals surface area contributed by atoms with E-state index < -0.39 is 0 Å². The summed E-state index contributed by atoms with van der Waals surface area (Å²) in [6.45, 7) is 0.499. The van der Waals surface area contributed by atoms with Gasteiger partial charge in [0.05, 0.1) is 12.0 Å². The highest BCUT2D eigenvalue weighted by Gasteiger charge is 2.51. The Morgan fingerprint density at radius 3 is 2.95 bits per heavy atom. The van der Waals surface area contributed by atoms with Crippen molar-refractivity contribution in [3.05, 3.63) is 51.4 Å².